The van der Waals surface area contributed by atoms with Crippen molar-refractivity contribution in [2.45, 2.75) is 42.7 Å². The summed E-state index contributed by atoms with van der Waals surface area (Å²) in [6.45, 7) is 0.446. The van der Waals surface area contributed by atoms with Crippen LogP contribution in [0.15, 0.2) is 100 Å². The molecule has 0 spiro atoms. The van der Waals surface area contributed by atoms with Gasteiger partial charge in [-0.3, -0.25) is 9.59 Å². The van der Waals surface area contributed by atoms with Crippen molar-refractivity contribution in [3.8, 4) is 5.75 Å². The summed E-state index contributed by atoms with van der Waals surface area (Å²) in [5, 5.41) is 3.68. The predicted molar refractivity (Wildman–Crippen MR) is 149 cm³/mol. The second kappa shape index (κ2) is 10.9. The van der Waals surface area contributed by atoms with Crippen LogP contribution in [0.3, 0.4) is 0 Å². The van der Waals surface area contributed by atoms with E-state index < -0.39 is 5.92 Å². The smallest absolute Gasteiger partial charge is 0.257 e. The molecule has 1 unspecified atom stereocenters. The highest BCUT2D eigenvalue weighted by atomic mass is 32.2. The van der Waals surface area contributed by atoms with Gasteiger partial charge in [0.25, 0.3) is 5.56 Å². The number of nitrogens with zero attached hydrogens (tertiary/aromatic N) is 1. The van der Waals surface area contributed by atoms with E-state index in [9.17, 15) is 14.0 Å². The lowest BCUT2D eigenvalue weighted by Gasteiger charge is -2.32. The van der Waals surface area contributed by atoms with Crippen molar-refractivity contribution in [1.82, 2.24) is 9.97 Å². The maximum Gasteiger partial charge on any atom is 0.257 e. The maximum atomic E-state index is 14.1. The molecule has 0 fully saturated rings. The van der Waals surface area contributed by atoms with Crippen LogP contribution >= 0.6 is 11.8 Å². The van der Waals surface area contributed by atoms with E-state index in [4.69, 9.17) is 9.72 Å². The Morgan fingerprint density at radius 3 is 2.51 bits per heavy atom. The van der Waals surface area contributed by atoms with Gasteiger partial charge in [0.15, 0.2) is 10.9 Å². The number of ether oxygens (including phenoxy) is 1. The van der Waals surface area contributed by atoms with Crippen molar-refractivity contribution in [2.24, 2.45) is 0 Å². The first-order valence-corrected chi connectivity index (χ1v) is 13.9. The van der Waals surface area contributed by atoms with Gasteiger partial charge in [-0.25, -0.2) is 9.37 Å². The lowest BCUT2D eigenvalue weighted by molar-refractivity contribution is -0.116. The van der Waals surface area contributed by atoms with Gasteiger partial charge in [0, 0.05) is 29.4 Å². The largest absolute Gasteiger partial charge is 0.489 e. The molecule has 2 N–H and O–H groups in total. The van der Waals surface area contributed by atoms with Gasteiger partial charge in [-0.05, 0) is 47.7 Å². The molecular weight excluding hydrogens is 513 g/mol. The number of ketones is 1. The molecule has 8 heteroatoms. The molecule has 1 atom stereocenters. The molecule has 196 valence electrons. The molecule has 0 bridgehead atoms. The average molecular weight is 540 g/mol. The monoisotopic (exact) mass is 539 g/mol. The summed E-state index contributed by atoms with van der Waals surface area (Å²) >= 11 is 1.26. The first-order valence-electron chi connectivity index (χ1n) is 12.9. The number of hydrogen-bond acceptors (Lipinski definition) is 6. The van der Waals surface area contributed by atoms with E-state index >= 15 is 0 Å². The Morgan fingerprint density at radius 1 is 0.949 bits per heavy atom. The predicted octanol–water partition coefficient (Wildman–Crippen LogP) is 6.34. The highest BCUT2D eigenvalue weighted by Crippen LogP contribution is 2.43. The average Bonchev–Trinajstić information content (AvgIpc) is 2.96. The van der Waals surface area contributed by atoms with Crippen LogP contribution in [-0.2, 0) is 17.2 Å². The van der Waals surface area contributed by atoms with Gasteiger partial charge in [-0.15, -0.1) is 0 Å². The molecule has 0 saturated carbocycles. The molecule has 3 aromatic carbocycles. The topological polar surface area (TPSA) is 84.1 Å². The Balaban J connectivity index is 1.31. The Hall–Kier alpha value is -4.17. The minimum absolute atomic E-state index is 0.0428. The molecular formula is C31H26FN3O3S. The van der Waals surface area contributed by atoms with Crippen LogP contribution < -0.4 is 15.6 Å². The van der Waals surface area contributed by atoms with Crippen molar-refractivity contribution in [2.75, 3.05) is 5.32 Å². The number of carbonyl (C=O) groups is 1. The first kappa shape index (κ1) is 25.1. The summed E-state index contributed by atoms with van der Waals surface area (Å²) in [4.78, 5) is 34.2. The number of carbonyl (C=O) groups excluding carboxylic acids is 1. The van der Waals surface area contributed by atoms with Crippen molar-refractivity contribution >= 4 is 23.4 Å². The zero-order valence-corrected chi connectivity index (χ0v) is 21.9. The first-order chi connectivity index (χ1) is 19.1. The number of nitrogens with one attached hydrogen (secondary N) is 2. The SMILES string of the molecule is O=C1CCCC2=C1C(c1ccc(OCc3ccccc3)cc1)c1c(nc(SCc3ccccc3F)[nH]c1=O)N2. The summed E-state index contributed by atoms with van der Waals surface area (Å²) in [6.07, 6.45) is 1.91. The third kappa shape index (κ3) is 5.25. The van der Waals surface area contributed by atoms with Crippen LogP contribution in [-0.4, -0.2) is 15.8 Å². The maximum absolute atomic E-state index is 14.1. The van der Waals surface area contributed by atoms with Crippen LogP contribution in [0.5, 0.6) is 5.75 Å². The van der Waals surface area contributed by atoms with Crippen LogP contribution in [0.2, 0.25) is 0 Å². The number of fused-ring (bicyclic) bond motifs is 1. The molecule has 0 saturated heterocycles. The van der Waals surface area contributed by atoms with E-state index in [0.29, 0.717) is 58.6 Å². The van der Waals surface area contributed by atoms with Crippen LogP contribution in [0.25, 0.3) is 0 Å². The molecule has 2 heterocycles. The van der Waals surface area contributed by atoms with E-state index in [1.807, 2.05) is 54.6 Å². The fourth-order valence-electron chi connectivity index (χ4n) is 5.10. The van der Waals surface area contributed by atoms with Crippen molar-refractivity contribution in [3.05, 3.63) is 129 Å². The molecule has 6 rings (SSSR count). The van der Waals surface area contributed by atoms with E-state index in [1.54, 1.807) is 18.2 Å². The lowest BCUT2D eigenvalue weighted by Crippen LogP contribution is -2.32. The summed E-state index contributed by atoms with van der Waals surface area (Å²) in [6, 6.07) is 24.0. The van der Waals surface area contributed by atoms with E-state index in [0.717, 1.165) is 23.2 Å². The normalized spacial score (nSPS) is 16.3. The van der Waals surface area contributed by atoms with E-state index in [-0.39, 0.29) is 17.2 Å². The van der Waals surface area contributed by atoms with Crippen LogP contribution in [0.4, 0.5) is 10.2 Å². The Kier molecular flexibility index (Phi) is 7.02. The molecule has 39 heavy (non-hydrogen) atoms. The minimum Gasteiger partial charge on any atom is -0.489 e. The molecule has 6 nitrogen and oxygen atoms in total. The number of benzene rings is 3. The Labute approximate surface area is 229 Å². The zero-order valence-electron chi connectivity index (χ0n) is 21.1. The van der Waals surface area contributed by atoms with Gasteiger partial charge >= 0.3 is 0 Å². The van der Waals surface area contributed by atoms with Crippen molar-refractivity contribution in [3.63, 3.8) is 0 Å². The number of allylic oxidation sites excluding steroid dienone is 2. The number of halogens is 1. The third-order valence-corrected chi connectivity index (χ3v) is 7.94. The van der Waals surface area contributed by atoms with Gasteiger partial charge in [-0.2, -0.15) is 0 Å². The minimum atomic E-state index is -0.533. The van der Waals surface area contributed by atoms with Gasteiger partial charge in [0.2, 0.25) is 0 Å². The summed E-state index contributed by atoms with van der Waals surface area (Å²) in [7, 11) is 0. The van der Waals surface area contributed by atoms with Crippen molar-refractivity contribution < 1.29 is 13.9 Å². The number of aromatic amines is 1. The van der Waals surface area contributed by atoms with Crippen molar-refractivity contribution in [1.29, 1.82) is 0 Å². The zero-order chi connectivity index (χ0) is 26.8. The summed E-state index contributed by atoms with van der Waals surface area (Å²) < 4.78 is 20.0. The van der Waals surface area contributed by atoms with Crippen LogP contribution in [0, 0.1) is 5.82 Å². The molecule has 1 aromatic heterocycles. The molecule has 0 radical (unpaired) electrons. The van der Waals surface area contributed by atoms with Gasteiger partial charge in [0.1, 0.15) is 24.0 Å². The second-order valence-corrected chi connectivity index (χ2v) is 10.5. The fraction of sp³-hybridized carbons (Fsp3) is 0.194. The quantitative estimate of drug-likeness (QED) is 0.211. The number of thioether (sulfide) groups is 1. The van der Waals surface area contributed by atoms with E-state index in [1.165, 1.54) is 17.8 Å². The number of H-pyrrole nitrogens is 1. The Morgan fingerprint density at radius 2 is 1.72 bits per heavy atom. The number of aromatic nitrogens is 2. The number of hydrogen-bond donors (Lipinski definition) is 2. The van der Waals surface area contributed by atoms with E-state index in [2.05, 4.69) is 10.3 Å². The lowest BCUT2D eigenvalue weighted by atomic mass is 9.76. The highest BCUT2D eigenvalue weighted by Gasteiger charge is 2.37. The molecule has 2 aliphatic rings. The van der Waals surface area contributed by atoms with Crippen LogP contribution in [0.1, 0.15) is 47.4 Å². The number of rotatable bonds is 7. The Bertz CT molecular complexity index is 1620. The molecule has 4 aromatic rings. The third-order valence-electron chi connectivity index (χ3n) is 7.02. The fourth-order valence-corrected chi connectivity index (χ4v) is 5.95. The number of Topliss-reactive ketones (excluding diaryl/α,β-unsaturated/α-hetero) is 1. The van der Waals surface area contributed by atoms with Gasteiger partial charge in [-0.1, -0.05) is 72.4 Å². The molecule has 1 aliphatic carbocycles. The standard InChI is InChI=1S/C31H26FN3O3S/c32-23-10-5-4-9-21(23)18-39-31-34-29-28(30(37)35-31)26(27-24(33-29)11-6-12-25(27)36)20-13-15-22(16-14-20)38-17-19-7-2-1-3-8-19/h1-5,7-10,13-16,26H,6,11-12,17-18H2,(H2,33,34,35,37). The van der Waals surface area contributed by atoms with Gasteiger partial charge < -0.3 is 15.0 Å². The highest BCUT2D eigenvalue weighted by molar-refractivity contribution is 7.98. The molecule has 1 aliphatic heterocycles. The number of anilines is 1. The second-order valence-electron chi connectivity index (χ2n) is 9.58. The summed E-state index contributed by atoms with van der Waals surface area (Å²) in [5.41, 5.74) is 3.97. The van der Waals surface area contributed by atoms with Gasteiger partial charge in [0.05, 0.1) is 5.56 Å². The molecule has 0 amide bonds. The summed E-state index contributed by atoms with van der Waals surface area (Å²) in [5.74, 6) is 0.685.